The lowest BCUT2D eigenvalue weighted by atomic mass is 10.1. The maximum absolute atomic E-state index is 5.86. The van der Waals surface area contributed by atoms with Gasteiger partial charge in [0, 0.05) is 6.54 Å². The Hall–Kier alpha value is -2.00. The molecule has 1 N–H and O–H groups in total. The fourth-order valence-electron chi connectivity index (χ4n) is 2.11. The molecule has 0 spiro atoms. The lowest BCUT2D eigenvalue weighted by molar-refractivity contribution is 0.284. The second-order valence-electron chi connectivity index (χ2n) is 4.79. The van der Waals surface area contributed by atoms with Crippen LogP contribution in [0.15, 0.2) is 42.5 Å². The van der Waals surface area contributed by atoms with Gasteiger partial charge in [0.05, 0.1) is 7.11 Å². The van der Waals surface area contributed by atoms with Crippen LogP contribution >= 0.6 is 0 Å². The highest BCUT2D eigenvalue weighted by molar-refractivity contribution is 5.43. The first-order valence-corrected chi connectivity index (χ1v) is 6.73. The van der Waals surface area contributed by atoms with Crippen molar-refractivity contribution in [2.75, 3.05) is 14.2 Å². The summed E-state index contributed by atoms with van der Waals surface area (Å²) in [7, 11) is 3.59. The van der Waals surface area contributed by atoms with Crippen molar-refractivity contribution in [3.05, 3.63) is 59.2 Å². The summed E-state index contributed by atoms with van der Waals surface area (Å²) < 4.78 is 11.2. The molecule has 0 radical (unpaired) electrons. The molecular formula is C17H21NO2. The van der Waals surface area contributed by atoms with Crippen molar-refractivity contribution in [2.24, 2.45) is 0 Å². The van der Waals surface area contributed by atoms with Crippen molar-refractivity contribution in [3.8, 4) is 11.5 Å². The Morgan fingerprint density at radius 3 is 2.55 bits per heavy atom. The minimum atomic E-state index is 0.545. The molecule has 0 amide bonds. The quantitative estimate of drug-likeness (QED) is 0.874. The molecule has 2 rings (SSSR count). The molecule has 0 aliphatic carbocycles. The maximum Gasteiger partial charge on any atom is 0.161 e. The molecule has 0 atom stereocenters. The van der Waals surface area contributed by atoms with Crippen LogP contribution in [0.1, 0.15) is 16.7 Å². The Morgan fingerprint density at radius 2 is 1.85 bits per heavy atom. The van der Waals surface area contributed by atoms with Crippen LogP contribution < -0.4 is 14.8 Å². The SMILES string of the molecule is CNCc1ccc(OCc2cccc(C)c2)c(OC)c1. The van der Waals surface area contributed by atoms with Gasteiger partial charge in [0.25, 0.3) is 0 Å². The normalized spacial score (nSPS) is 10.3. The standard InChI is InChI=1S/C17H21NO2/c1-13-5-4-6-15(9-13)12-20-16-8-7-14(11-18-2)10-17(16)19-3/h4-10,18H,11-12H2,1-3H3. The summed E-state index contributed by atoms with van der Waals surface area (Å²) in [5.74, 6) is 1.54. The lowest BCUT2D eigenvalue weighted by Gasteiger charge is -2.12. The van der Waals surface area contributed by atoms with Crippen molar-refractivity contribution >= 4 is 0 Å². The summed E-state index contributed by atoms with van der Waals surface area (Å²) in [4.78, 5) is 0. The summed E-state index contributed by atoms with van der Waals surface area (Å²) in [5, 5.41) is 3.12. The zero-order chi connectivity index (χ0) is 14.4. The first kappa shape index (κ1) is 14.4. The molecule has 106 valence electrons. The van der Waals surface area contributed by atoms with Gasteiger partial charge in [0.2, 0.25) is 0 Å². The van der Waals surface area contributed by atoms with E-state index in [9.17, 15) is 0 Å². The van der Waals surface area contributed by atoms with Crippen molar-refractivity contribution < 1.29 is 9.47 Å². The van der Waals surface area contributed by atoms with E-state index in [4.69, 9.17) is 9.47 Å². The molecule has 20 heavy (non-hydrogen) atoms. The van der Waals surface area contributed by atoms with Crippen LogP contribution in [0.25, 0.3) is 0 Å². The molecule has 3 heteroatoms. The Labute approximate surface area is 120 Å². The first-order valence-electron chi connectivity index (χ1n) is 6.73. The minimum Gasteiger partial charge on any atom is -0.493 e. The highest BCUT2D eigenvalue weighted by Gasteiger charge is 2.06. The van der Waals surface area contributed by atoms with Crippen LogP contribution in [0.4, 0.5) is 0 Å². The Morgan fingerprint density at radius 1 is 1.00 bits per heavy atom. The second kappa shape index (κ2) is 6.96. The monoisotopic (exact) mass is 271 g/mol. The summed E-state index contributed by atoms with van der Waals surface area (Å²) in [6.07, 6.45) is 0. The molecule has 0 aromatic heterocycles. The molecular weight excluding hydrogens is 250 g/mol. The summed E-state index contributed by atoms with van der Waals surface area (Å²) in [6, 6.07) is 14.3. The van der Waals surface area contributed by atoms with E-state index in [1.165, 1.54) is 11.1 Å². The van der Waals surface area contributed by atoms with Crippen molar-refractivity contribution in [2.45, 2.75) is 20.1 Å². The van der Waals surface area contributed by atoms with Crippen LogP contribution in [0.3, 0.4) is 0 Å². The van der Waals surface area contributed by atoms with Gasteiger partial charge in [-0.05, 0) is 37.2 Å². The van der Waals surface area contributed by atoms with E-state index in [1.807, 2.05) is 31.3 Å². The van der Waals surface area contributed by atoms with Crippen LogP contribution in [0.5, 0.6) is 11.5 Å². The molecule has 0 aliphatic rings. The summed E-state index contributed by atoms with van der Waals surface area (Å²) in [5.41, 5.74) is 3.57. The first-order chi connectivity index (χ1) is 9.72. The largest absolute Gasteiger partial charge is 0.493 e. The van der Waals surface area contributed by atoms with E-state index in [0.29, 0.717) is 6.61 Å². The van der Waals surface area contributed by atoms with E-state index in [0.717, 1.165) is 23.6 Å². The van der Waals surface area contributed by atoms with Crippen LogP contribution in [0, 0.1) is 6.92 Å². The van der Waals surface area contributed by atoms with Gasteiger partial charge in [0.15, 0.2) is 11.5 Å². The molecule has 0 aliphatic heterocycles. The van der Waals surface area contributed by atoms with E-state index >= 15 is 0 Å². The number of ether oxygens (including phenoxy) is 2. The molecule has 0 heterocycles. The van der Waals surface area contributed by atoms with Gasteiger partial charge in [-0.3, -0.25) is 0 Å². The van der Waals surface area contributed by atoms with Gasteiger partial charge >= 0.3 is 0 Å². The molecule has 0 unspecified atom stereocenters. The topological polar surface area (TPSA) is 30.5 Å². The Kier molecular flexibility index (Phi) is 5.02. The van der Waals surface area contributed by atoms with Crippen LogP contribution in [0.2, 0.25) is 0 Å². The molecule has 2 aromatic rings. The third-order valence-corrected chi connectivity index (χ3v) is 3.09. The van der Waals surface area contributed by atoms with Gasteiger partial charge in [-0.1, -0.05) is 35.9 Å². The third kappa shape index (κ3) is 3.75. The average Bonchev–Trinajstić information content (AvgIpc) is 2.46. The van der Waals surface area contributed by atoms with Crippen LogP contribution in [-0.4, -0.2) is 14.2 Å². The van der Waals surface area contributed by atoms with Gasteiger partial charge in [-0.15, -0.1) is 0 Å². The van der Waals surface area contributed by atoms with Gasteiger partial charge < -0.3 is 14.8 Å². The van der Waals surface area contributed by atoms with Crippen molar-refractivity contribution in [1.82, 2.24) is 5.32 Å². The van der Waals surface area contributed by atoms with Gasteiger partial charge in [0.1, 0.15) is 6.61 Å². The molecule has 3 nitrogen and oxygen atoms in total. The predicted octanol–water partition coefficient (Wildman–Crippen LogP) is 3.30. The molecule has 0 saturated heterocycles. The molecule has 0 saturated carbocycles. The lowest BCUT2D eigenvalue weighted by Crippen LogP contribution is -2.05. The Balaban J connectivity index is 2.09. The highest BCUT2D eigenvalue weighted by Crippen LogP contribution is 2.28. The number of rotatable bonds is 6. The summed E-state index contributed by atoms with van der Waals surface area (Å²) in [6.45, 7) is 3.44. The second-order valence-corrected chi connectivity index (χ2v) is 4.79. The van der Waals surface area contributed by atoms with Gasteiger partial charge in [-0.2, -0.15) is 0 Å². The fourth-order valence-corrected chi connectivity index (χ4v) is 2.11. The van der Waals surface area contributed by atoms with Gasteiger partial charge in [-0.25, -0.2) is 0 Å². The Bertz CT molecular complexity index is 567. The number of aryl methyl sites for hydroxylation is 1. The number of hydrogen-bond donors (Lipinski definition) is 1. The highest BCUT2D eigenvalue weighted by atomic mass is 16.5. The maximum atomic E-state index is 5.86. The number of hydrogen-bond acceptors (Lipinski definition) is 3. The van der Waals surface area contributed by atoms with E-state index in [-0.39, 0.29) is 0 Å². The summed E-state index contributed by atoms with van der Waals surface area (Å²) >= 11 is 0. The zero-order valence-electron chi connectivity index (χ0n) is 12.3. The number of methoxy groups -OCH3 is 1. The van der Waals surface area contributed by atoms with Crippen LogP contribution in [-0.2, 0) is 13.2 Å². The van der Waals surface area contributed by atoms with E-state index in [1.54, 1.807) is 7.11 Å². The molecule has 0 bridgehead atoms. The number of nitrogens with one attached hydrogen (secondary N) is 1. The van der Waals surface area contributed by atoms with Crippen molar-refractivity contribution in [3.63, 3.8) is 0 Å². The third-order valence-electron chi connectivity index (χ3n) is 3.09. The van der Waals surface area contributed by atoms with Crippen molar-refractivity contribution in [1.29, 1.82) is 0 Å². The molecule has 2 aromatic carbocycles. The average molecular weight is 271 g/mol. The number of benzene rings is 2. The molecule has 0 fully saturated rings. The fraction of sp³-hybridized carbons (Fsp3) is 0.294. The minimum absolute atomic E-state index is 0.545. The zero-order valence-corrected chi connectivity index (χ0v) is 12.3. The smallest absolute Gasteiger partial charge is 0.161 e. The predicted molar refractivity (Wildman–Crippen MR) is 81.3 cm³/mol. The van der Waals surface area contributed by atoms with E-state index < -0.39 is 0 Å². The van der Waals surface area contributed by atoms with E-state index in [2.05, 4.69) is 30.4 Å².